The fourth-order valence-corrected chi connectivity index (χ4v) is 2.76. The van der Waals surface area contributed by atoms with Crippen LogP contribution in [0.1, 0.15) is 28.3 Å². The number of methoxy groups -OCH3 is 1. The first-order chi connectivity index (χ1) is 8.96. The molecule has 0 radical (unpaired) electrons. The van der Waals surface area contributed by atoms with Gasteiger partial charge in [0.1, 0.15) is 5.75 Å². The number of nitrogens with two attached hydrogens (primary N) is 1. The molecule has 0 saturated carbocycles. The second kappa shape index (κ2) is 5.12. The van der Waals surface area contributed by atoms with E-state index in [1.807, 2.05) is 13.8 Å². The molecular weight excluding hydrogens is 242 g/mol. The van der Waals surface area contributed by atoms with Crippen LogP contribution in [0, 0.1) is 26.2 Å². The number of ether oxygens (including phenoxy) is 2. The third-order valence-electron chi connectivity index (χ3n) is 4.30. The summed E-state index contributed by atoms with van der Waals surface area (Å²) in [7, 11) is 1.67. The molecule has 1 aliphatic heterocycles. The Morgan fingerprint density at radius 2 is 2.00 bits per heavy atom. The number of rotatable bonds is 4. The van der Waals surface area contributed by atoms with Crippen molar-refractivity contribution in [1.82, 2.24) is 0 Å². The topological polar surface area (TPSA) is 64.7 Å². The van der Waals surface area contributed by atoms with Crippen LogP contribution in [0.5, 0.6) is 5.75 Å². The van der Waals surface area contributed by atoms with Crippen molar-refractivity contribution in [1.29, 1.82) is 0 Å². The SMILES string of the molecule is COc1c(C)c(C)cc(C)c1C(N)C1(CO)COC1. The average Bonchev–Trinajstić information content (AvgIpc) is 2.32. The summed E-state index contributed by atoms with van der Waals surface area (Å²) >= 11 is 0. The van der Waals surface area contributed by atoms with Gasteiger partial charge in [0.05, 0.1) is 32.3 Å². The molecule has 4 nitrogen and oxygen atoms in total. The Morgan fingerprint density at radius 3 is 2.42 bits per heavy atom. The average molecular weight is 265 g/mol. The maximum absolute atomic E-state index is 9.65. The Hall–Kier alpha value is -1.10. The van der Waals surface area contributed by atoms with E-state index in [9.17, 15) is 5.11 Å². The molecule has 0 bridgehead atoms. The number of aliphatic hydroxyl groups is 1. The molecule has 4 heteroatoms. The number of hydrogen-bond donors (Lipinski definition) is 2. The van der Waals surface area contributed by atoms with E-state index in [1.165, 1.54) is 5.56 Å². The molecule has 1 aromatic carbocycles. The van der Waals surface area contributed by atoms with Gasteiger partial charge in [-0.05, 0) is 37.5 Å². The monoisotopic (exact) mass is 265 g/mol. The molecule has 19 heavy (non-hydrogen) atoms. The Labute approximate surface area is 114 Å². The highest BCUT2D eigenvalue weighted by Gasteiger charge is 2.45. The highest BCUT2D eigenvalue weighted by atomic mass is 16.5. The van der Waals surface area contributed by atoms with E-state index in [4.69, 9.17) is 15.2 Å². The van der Waals surface area contributed by atoms with E-state index in [2.05, 4.69) is 13.0 Å². The Morgan fingerprint density at radius 1 is 1.37 bits per heavy atom. The van der Waals surface area contributed by atoms with Crippen LogP contribution in [0.3, 0.4) is 0 Å². The molecular formula is C15H23NO3. The van der Waals surface area contributed by atoms with Gasteiger partial charge < -0.3 is 20.3 Å². The normalized spacial score (nSPS) is 18.8. The van der Waals surface area contributed by atoms with Crippen molar-refractivity contribution in [2.75, 3.05) is 26.9 Å². The molecule has 1 atom stereocenters. The summed E-state index contributed by atoms with van der Waals surface area (Å²) in [6, 6.07) is 1.85. The molecule has 106 valence electrons. The lowest BCUT2D eigenvalue weighted by atomic mass is 9.74. The van der Waals surface area contributed by atoms with Crippen molar-refractivity contribution in [3.8, 4) is 5.75 Å². The lowest BCUT2D eigenvalue weighted by Gasteiger charge is -2.45. The lowest BCUT2D eigenvalue weighted by Crippen LogP contribution is -2.53. The molecule has 0 aliphatic carbocycles. The second-order valence-corrected chi connectivity index (χ2v) is 5.57. The minimum atomic E-state index is -0.375. The predicted octanol–water partition coefficient (Wildman–Crippen LogP) is 1.63. The maximum Gasteiger partial charge on any atom is 0.127 e. The Balaban J connectivity index is 2.52. The van der Waals surface area contributed by atoms with Crippen molar-refractivity contribution in [2.45, 2.75) is 26.8 Å². The summed E-state index contributed by atoms with van der Waals surface area (Å²) in [5.41, 5.74) is 10.4. The summed E-state index contributed by atoms with van der Waals surface area (Å²) in [5.74, 6) is 0.838. The number of hydrogen-bond acceptors (Lipinski definition) is 4. The van der Waals surface area contributed by atoms with Crippen molar-refractivity contribution in [3.05, 3.63) is 28.3 Å². The van der Waals surface area contributed by atoms with Gasteiger partial charge in [-0.3, -0.25) is 0 Å². The molecule has 1 heterocycles. The standard InChI is InChI=1S/C15H23NO3/c1-9-5-10(2)12(13(18-4)11(9)3)14(16)15(6-17)7-19-8-15/h5,14,17H,6-8,16H2,1-4H3. The summed E-state index contributed by atoms with van der Waals surface area (Å²) in [5, 5.41) is 9.65. The minimum Gasteiger partial charge on any atom is -0.496 e. The summed E-state index contributed by atoms with van der Waals surface area (Å²) in [4.78, 5) is 0. The fourth-order valence-electron chi connectivity index (χ4n) is 2.76. The minimum absolute atomic E-state index is 0.0314. The Bertz CT molecular complexity index is 475. The number of aliphatic hydroxyl groups excluding tert-OH is 1. The molecule has 1 saturated heterocycles. The zero-order valence-electron chi connectivity index (χ0n) is 12.1. The van der Waals surface area contributed by atoms with Crippen molar-refractivity contribution in [3.63, 3.8) is 0 Å². The zero-order chi connectivity index (χ0) is 14.2. The van der Waals surface area contributed by atoms with Crippen LogP contribution in [0.2, 0.25) is 0 Å². The Kier molecular flexibility index (Phi) is 3.85. The van der Waals surface area contributed by atoms with Crippen molar-refractivity contribution in [2.24, 2.45) is 11.1 Å². The van der Waals surface area contributed by atoms with E-state index in [0.29, 0.717) is 13.2 Å². The summed E-state index contributed by atoms with van der Waals surface area (Å²) in [6.45, 7) is 7.17. The van der Waals surface area contributed by atoms with Gasteiger partial charge in [0.25, 0.3) is 0 Å². The van der Waals surface area contributed by atoms with Crippen LogP contribution >= 0.6 is 0 Å². The van der Waals surface area contributed by atoms with Gasteiger partial charge in [-0.1, -0.05) is 6.07 Å². The third kappa shape index (κ3) is 2.14. The summed E-state index contributed by atoms with van der Waals surface area (Å²) < 4.78 is 10.8. The third-order valence-corrected chi connectivity index (χ3v) is 4.30. The quantitative estimate of drug-likeness (QED) is 0.868. The van der Waals surface area contributed by atoms with Gasteiger partial charge in [-0.25, -0.2) is 0 Å². The van der Waals surface area contributed by atoms with Crippen LogP contribution in [0.25, 0.3) is 0 Å². The first-order valence-corrected chi connectivity index (χ1v) is 6.55. The number of aryl methyl sites for hydroxylation is 2. The van der Waals surface area contributed by atoms with Crippen LogP contribution < -0.4 is 10.5 Å². The molecule has 1 fully saturated rings. The van der Waals surface area contributed by atoms with Crippen molar-refractivity contribution < 1.29 is 14.6 Å². The van der Waals surface area contributed by atoms with Crippen LogP contribution in [-0.4, -0.2) is 32.0 Å². The lowest BCUT2D eigenvalue weighted by molar-refractivity contribution is -0.150. The van der Waals surface area contributed by atoms with Gasteiger partial charge in [-0.15, -0.1) is 0 Å². The van der Waals surface area contributed by atoms with Gasteiger partial charge in [-0.2, -0.15) is 0 Å². The molecule has 3 N–H and O–H groups in total. The van der Waals surface area contributed by atoms with Crippen molar-refractivity contribution >= 4 is 0 Å². The van der Waals surface area contributed by atoms with Gasteiger partial charge >= 0.3 is 0 Å². The van der Waals surface area contributed by atoms with E-state index < -0.39 is 0 Å². The molecule has 1 aliphatic rings. The first-order valence-electron chi connectivity index (χ1n) is 6.55. The molecule has 0 spiro atoms. The highest BCUT2D eigenvalue weighted by molar-refractivity contribution is 5.51. The van der Waals surface area contributed by atoms with Crippen LogP contribution in [0.4, 0.5) is 0 Å². The predicted molar refractivity (Wildman–Crippen MR) is 74.5 cm³/mol. The van der Waals surface area contributed by atoms with Crippen LogP contribution in [0.15, 0.2) is 6.07 Å². The van der Waals surface area contributed by atoms with Gasteiger partial charge in [0, 0.05) is 11.6 Å². The van der Waals surface area contributed by atoms with Gasteiger partial charge in [0.2, 0.25) is 0 Å². The van der Waals surface area contributed by atoms with E-state index in [1.54, 1.807) is 7.11 Å². The largest absolute Gasteiger partial charge is 0.496 e. The van der Waals surface area contributed by atoms with Gasteiger partial charge in [0.15, 0.2) is 0 Å². The highest BCUT2D eigenvalue weighted by Crippen LogP contribution is 2.44. The molecule has 2 rings (SSSR count). The molecule has 0 aromatic heterocycles. The molecule has 1 unspecified atom stereocenters. The second-order valence-electron chi connectivity index (χ2n) is 5.57. The van der Waals surface area contributed by atoms with E-state index in [0.717, 1.165) is 22.4 Å². The zero-order valence-corrected chi connectivity index (χ0v) is 12.1. The van der Waals surface area contributed by atoms with E-state index >= 15 is 0 Å². The molecule has 0 amide bonds. The first kappa shape index (κ1) is 14.3. The smallest absolute Gasteiger partial charge is 0.127 e. The number of benzene rings is 1. The van der Waals surface area contributed by atoms with E-state index in [-0.39, 0.29) is 18.1 Å². The van der Waals surface area contributed by atoms with Crippen LogP contribution in [-0.2, 0) is 4.74 Å². The maximum atomic E-state index is 9.65. The fraction of sp³-hybridized carbons (Fsp3) is 0.600. The summed E-state index contributed by atoms with van der Waals surface area (Å²) in [6.07, 6.45) is 0. The molecule has 1 aromatic rings.